The van der Waals surface area contributed by atoms with Gasteiger partial charge in [-0.2, -0.15) is 0 Å². The molecule has 26 heavy (non-hydrogen) atoms. The normalized spacial score (nSPS) is 20.9. The molecule has 0 unspecified atom stereocenters. The monoisotopic (exact) mass is 361 g/mol. The molecule has 7 nitrogen and oxygen atoms in total. The number of nitrogens with one attached hydrogen (secondary N) is 2. The maximum Gasteiger partial charge on any atom is 0.325 e. The zero-order valence-corrected chi connectivity index (χ0v) is 16.0. The second kappa shape index (κ2) is 7.76. The molecule has 2 N–H and O–H groups in total. The van der Waals surface area contributed by atoms with Gasteiger partial charge in [-0.3, -0.25) is 14.5 Å². The van der Waals surface area contributed by atoms with Gasteiger partial charge in [0.1, 0.15) is 17.8 Å². The minimum Gasteiger partial charge on any atom is -0.497 e. The fourth-order valence-corrected chi connectivity index (χ4v) is 2.89. The molecule has 1 fully saturated rings. The molecule has 1 aromatic carbocycles. The van der Waals surface area contributed by atoms with Crippen LogP contribution in [0.25, 0.3) is 0 Å². The van der Waals surface area contributed by atoms with E-state index in [1.165, 1.54) is 0 Å². The van der Waals surface area contributed by atoms with Gasteiger partial charge in [0, 0.05) is 6.04 Å². The van der Waals surface area contributed by atoms with Crippen LogP contribution in [0.1, 0.15) is 39.7 Å². The van der Waals surface area contributed by atoms with Gasteiger partial charge in [-0.25, -0.2) is 4.79 Å². The molecule has 4 amide bonds. The van der Waals surface area contributed by atoms with Crippen LogP contribution in [0.3, 0.4) is 0 Å². The number of nitrogens with zero attached hydrogens (tertiary/aromatic N) is 1. The number of hydrogen-bond acceptors (Lipinski definition) is 4. The number of benzene rings is 1. The summed E-state index contributed by atoms with van der Waals surface area (Å²) in [5.74, 6) is 0.158. The molecule has 1 heterocycles. The Kier molecular flexibility index (Phi) is 5.90. The average molecular weight is 361 g/mol. The second-order valence-corrected chi connectivity index (χ2v) is 6.91. The summed E-state index contributed by atoms with van der Waals surface area (Å²) >= 11 is 0. The van der Waals surface area contributed by atoms with Gasteiger partial charge in [-0.15, -0.1) is 0 Å². The third-order valence-corrected chi connectivity index (χ3v) is 4.98. The van der Waals surface area contributed by atoms with Crippen molar-refractivity contribution in [2.24, 2.45) is 5.92 Å². The van der Waals surface area contributed by atoms with Crippen molar-refractivity contribution in [3.05, 3.63) is 29.8 Å². The Morgan fingerprint density at radius 3 is 2.35 bits per heavy atom. The summed E-state index contributed by atoms with van der Waals surface area (Å²) in [6.07, 6.45) is 0.379. The van der Waals surface area contributed by atoms with Crippen LogP contribution in [0, 0.1) is 5.92 Å². The number of ether oxygens (including phenoxy) is 1. The van der Waals surface area contributed by atoms with E-state index in [0.29, 0.717) is 17.7 Å². The average Bonchev–Trinajstić information content (AvgIpc) is 2.86. The van der Waals surface area contributed by atoms with Gasteiger partial charge in [-0.1, -0.05) is 32.9 Å². The van der Waals surface area contributed by atoms with Crippen molar-refractivity contribution in [1.82, 2.24) is 15.5 Å². The van der Waals surface area contributed by atoms with Gasteiger partial charge < -0.3 is 15.4 Å². The van der Waals surface area contributed by atoms with E-state index in [1.54, 1.807) is 31.4 Å². The molecule has 1 saturated heterocycles. The van der Waals surface area contributed by atoms with Crippen molar-refractivity contribution < 1.29 is 19.1 Å². The molecule has 0 saturated carbocycles. The number of rotatable bonds is 7. The van der Waals surface area contributed by atoms with Crippen molar-refractivity contribution in [3.8, 4) is 5.75 Å². The molecular formula is C19H27N3O4. The zero-order chi connectivity index (χ0) is 19.5. The molecule has 1 aromatic rings. The predicted octanol–water partition coefficient (Wildman–Crippen LogP) is 2.01. The van der Waals surface area contributed by atoms with E-state index in [2.05, 4.69) is 10.6 Å². The fourth-order valence-electron chi connectivity index (χ4n) is 2.89. The molecule has 142 valence electrons. The molecule has 2 atom stereocenters. The number of carbonyl (C=O) groups excluding carboxylic acids is 3. The van der Waals surface area contributed by atoms with Gasteiger partial charge >= 0.3 is 6.03 Å². The highest BCUT2D eigenvalue weighted by atomic mass is 16.5. The number of methoxy groups -OCH3 is 1. The quantitative estimate of drug-likeness (QED) is 0.727. The van der Waals surface area contributed by atoms with Crippen molar-refractivity contribution >= 4 is 17.8 Å². The standard InChI is InChI=1S/C19H27N3O4/c1-6-19(14-7-9-15(26-5)10-8-14)17(24)22(18(25)21-19)11-16(23)20-13(4)12(2)3/h7-10,12-13H,6,11H2,1-5H3,(H,20,23)(H,21,25)/t13-,19-/m1/s1. The Balaban J connectivity index is 2.20. The molecule has 2 rings (SSSR count). The largest absolute Gasteiger partial charge is 0.497 e. The Hall–Kier alpha value is -2.57. The summed E-state index contributed by atoms with van der Waals surface area (Å²) in [7, 11) is 1.56. The van der Waals surface area contributed by atoms with Crippen LogP contribution >= 0.6 is 0 Å². The summed E-state index contributed by atoms with van der Waals surface area (Å²) in [6, 6.07) is 6.40. The highest BCUT2D eigenvalue weighted by molar-refractivity contribution is 6.09. The van der Waals surface area contributed by atoms with Gasteiger partial charge in [0.2, 0.25) is 5.91 Å². The van der Waals surface area contributed by atoms with Crippen LogP contribution in [0.4, 0.5) is 4.79 Å². The number of imide groups is 1. The van der Waals surface area contributed by atoms with E-state index in [0.717, 1.165) is 4.90 Å². The third kappa shape index (κ3) is 3.66. The lowest BCUT2D eigenvalue weighted by Gasteiger charge is -2.26. The summed E-state index contributed by atoms with van der Waals surface area (Å²) in [5.41, 5.74) is -0.495. The topological polar surface area (TPSA) is 87.7 Å². The number of urea groups is 1. The predicted molar refractivity (Wildman–Crippen MR) is 97.7 cm³/mol. The second-order valence-electron chi connectivity index (χ2n) is 6.91. The van der Waals surface area contributed by atoms with E-state index in [-0.39, 0.29) is 24.4 Å². The summed E-state index contributed by atoms with van der Waals surface area (Å²) in [4.78, 5) is 38.6. The fraction of sp³-hybridized carbons (Fsp3) is 0.526. The zero-order valence-electron chi connectivity index (χ0n) is 16.0. The van der Waals surface area contributed by atoms with E-state index < -0.39 is 17.5 Å². The number of hydrogen-bond donors (Lipinski definition) is 2. The van der Waals surface area contributed by atoms with Crippen molar-refractivity contribution in [2.75, 3.05) is 13.7 Å². The first kappa shape index (κ1) is 19.8. The molecule has 0 aliphatic carbocycles. The Bertz CT molecular complexity index is 687. The number of carbonyl (C=O) groups is 3. The van der Waals surface area contributed by atoms with Gasteiger partial charge in [0.15, 0.2) is 0 Å². The van der Waals surface area contributed by atoms with Gasteiger partial charge in [0.05, 0.1) is 7.11 Å². The summed E-state index contributed by atoms with van der Waals surface area (Å²) in [6.45, 7) is 7.41. The van der Waals surface area contributed by atoms with E-state index in [9.17, 15) is 14.4 Å². The Morgan fingerprint density at radius 2 is 1.85 bits per heavy atom. The molecule has 0 aromatic heterocycles. The lowest BCUT2D eigenvalue weighted by molar-refractivity contribution is -0.135. The molecule has 0 spiro atoms. The van der Waals surface area contributed by atoms with Crippen molar-refractivity contribution in [2.45, 2.75) is 45.7 Å². The van der Waals surface area contributed by atoms with Gasteiger partial charge in [-0.05, 0) is 37.0 Å². The molecule has 1 aliphatic rings. The summed E-state index contributed by atoms with van der Waals surface area (Å²) < 4.78 is 5.14. The number of amides is 4. The highest BCUT2D eigenvalue weighted by Gasteiger charge is 2.51. The Morgan fingerprint density at radius 1 is 1.23 bits per heavy atom. The van der Waals surface area contributed by atoms with Crippen LogP contribution in [-0.4, -0.2) is 42.4 Å². The lowest BCUT2D eigenvalue weighted by atomic mass is 9.87. The summed E-state index contributed by atoms with van der Waals surface area (Å²) in [5, 5.41) is 5.59. The maximum atomic E-state index is 13.0. The van der Waals surface area contributed by atoms with Crippen LogP contribution in [0.15, 0.2) is 24.3 Å². The highest BCUT2D eigenvalue weighted by Crippen LogP contribution is 2.33. The van der Waals surface area contributed by atoms with E-state index in [4.69, 9.17) is 4.74 Å². The minimum absolute atomic E-state index is 0.0409. The van der Waals surface area contributed by atoms with E-state index in [1.807, 2.05) is 27.7 Å². The first-order valence-corrected chi connectivity index (χ1v) is 8.83. The van der Waals surface area contributed by atoms with Crippen molar-refractivity contribution in [3.63, 3.8) is 0 Å². The first-order chi connectivity index (χ1) is 12.2. The van der Waals surface area contributed by atoms with Crippen LogP contribution < -0.4 is 15.4 Å². The Labute approximate surface area is 154 Å². The van der Waals surface area contributed by atoms with Crippen molar-refractivity contribution in [1.29, 1.82) is 0 Å². The van der Waals surface area contributed by atoms with Crippen LogP contribution in [-0.2, 0) is 15.1 Å². The molecular weight excluding hydrogens is 334 g/mol. The minimum atomic E-state index is -1.16. The van der Waals surface area contributed by atoms with Crippen LogP contribution in [0.5, 0.6) is 5.75 Å². The molecule has 7 heteroatoms. The first-order valence-electron chi connectivity index (χ1n) is 8.83. The molecule has 0 bridgehead atoms. The third-order valence-electron chi connectivity index (χ3n) is 4.98. The smallest absolute Gasteiger partial charge is 0.325 e. The lowest BCUT2D eigenvalue weighted by Crippen LogP contribution is -2.46. The van der Waals surface area contributed by atoms with Crippen LogP contribution in [0.2, 0.25) is 0 Å². The SMILES string of the molecule is CC[C@]1(c2ccc(OC)cc2)NC(=O)N(CC(=O)N[C@H](C)C(C)C)C1=O. The van der Waals surface area contributed by atoms with Gasteiger partial charge in [0.25, 0.3) is 5.91 Å². The molecule has 0 radical (unpaired) electrons. The maximum absolute atomic E-state index is 13.0. The molecule has 1 aliphatic heterocycles. The van der Waals surface area contributed by atoms with E-state index >= 15 is 0 Å².